The SMILES string of the molecule is Cl.NCc1cc2c(NC(c3ccccc3)c3ccccc3)cccc2s1. The number of nitrogens with one attached hydrogen (secondary N) is 1. The van der Waals surface area contributed by atoms with Gasteiger partial charge in [-0.2, -0.15) is 0 Å². The van der Waals surface area contributed by atoms with Crippen molar-refractivity contribution in [3.8, 4) is 0 Å². The fourth-order valence-electron chi connectivity index (χ4n) is 3.15. The molecule has 0 amide bonds. The lowest BCUT2D eigenvalue weighted by Gasteiger charge is -2.21. The van der Waals surface area contributed by atoms with Crippen molar-refractivity contribution < 1.29 is 0 Å². The molecular weight excluding hydrogens is 360 g/mol. The minimum absolute atomic E-state index is 0. The van der Waals surface area contributed by atoms with Crippen LogP contribution in [0.3, 0.4) is 0 Å². The first-order valence-corrected chi connectivity index (χ1v) is 9.25. The van der Waals surface area contributed by atoms with Gasteiger partial charge in [0.25, 0.3) is 0 Å². The molecule has 0 fully saturated rings. The highest BCUT2D eigenvalue weighted by Crippen LogP contribution is 2.34. The van der Waals surface area contributed by atoms with E-state index < -0.39 is 0 Å². The van der Waals surface area contributed by atoms with Crippen molar-refractivity contribution in [2.45, 2.75) is 12.6 Å². The van der Waals surface area contributed by atoms with E-state index in [1.165, 1.54) is 26.1 Å². The number of fused-ring (bicyclic) bond motifs is 1. The number of rotatable bonds is 5. The van der Waals surface area contributed by atoms with Crippen LogP contribution in [0.15, 0.2) is 84.9 Å². The van der Waals surface area contributed by atoms with Crippen LogP contribution in [0.25, 0.3) is 10.1 Å². The molecule has 3 aromatic carbocycles. The van der Waals surface area contributed by atoms with Crippen molar-refractivity contribution in [1.82, 2.24) is 0 Å². The molecule has 0 spiro atoms. The van der Waals surface area contributed by atoms with Gasteiger partial charge in [0, 0.05) is 27.2 Å². The predicted molar refractivity (Wildman–Crippen MR) is 115 cm³/mol. The van der Waals surface area contributed by atoms with Gasteiger partial charge >= 0.3 is 0 Å². The average Bonchev–Trinajstić information content (AvgIpc) is 3.11. The van der Waals surface area contributed by atoms with E-state index in [1.807, 2.05) is 0 Å². The van der Waals surface area contributed by atoms with Crippen LogP contribution >= 0.6 is 23.7 Å². The molecule has 4 aromatic rings. The van der Waals surface area contributed by atoms with Gasteiger partial charge in [0.05, 0.1) is 6.04 Å². The van der Waals surface area contributed by atoms with Crippen LogP contribution in [0.4, 0.5) is 5.69 Å². The Morgan fingerprint density at radius 1 is 0.808 bits per heavy atom. The second-order valence-electron chi connectivity index (χ2n) is 6.03. The highest BCUT2D eigenvalue weighted by Gasteiger charge is 2.15. The van der Waals surface area contributed by atoms with Crippen LogP contribution in [0.2, 0.25) is 0 Å². The molecular formula is C22H21ClN2S. The van der Waals surface area contributed by atoms with Crippen molar-refractivity contribution in [2.24, 2.45) is 5.73 Å². The molecule has 0 aliphatic carbocycles. The smallest absolute Gasteiger partial charge is 0.0767 e. The molecule has 26 heavy (non-hydrogen) atoms. The van der Waals surface area contributed by atoms with E-state index in [1.54, 1.807) is 11.3 Å². The van der Waals surface area contributed by atoms with E-state index in [2.05, 4.69) is 90.2 Å². The van der Waals surface area contributed by atoms with Crippen LogP contribution in [0.1, 0.15) is 22.0 Å². The fraction of sp³-hybridized carbons (Fsp3) is 0.0909. The molecule has 0 aliphatic rings. The molecule has 0 unspecified atom stereocenters. The van der Waals surface area contributed by atoms with Crippen molar-refractivity contribution in [2.75, 3.05) is 5.32 Å². The normalized spacial score (nSPS) is 10.7. The van der Waals surface area contributed by atoms with Gasteiger partial charge < -0.3 is 11.1 Å². The Bertz CT molecular complexity index is 928. The maximum atomic E-state index is 5.84. The molecule has 4 heteroatoms. The Hall–Kier alpha value is -2.33. The minimum Gasteiger partial charge on any atom is -0.374 e. The second kappa shape index (κ2) is 8.37. The van der Waals surface area contributed by atoms with Crippen LogP contribution < -0.4 is 11.1 Å². The molecule has 0 atom stereocenters. The van der Waals surface area contributed by atoms with E-state index in [9.17, 15) is 0 Å². The maximum absolute atomic E-state index is 5.84. The van der Waals surface area contributed by atoms with Crippen LogP contribution in [-0.4, -0.2) is 0 Å². The Morgan fingerprint density at radius 3 is 2.00 bits per heavy atom. The zero-order valence-electron chi connectivity index (χ0n) is 14.3. The monoisotopic (exact) mass is 380 g/mol. The summed E-state index contributed by atoms with van der Waals surface area (Å²) in [5.74, 6) is 0. The first-order valence-electron chi connectivity index (χ1n) is 8.43. The molecule has 0 saturated carbocycles. The molecule has 3 N–H and O–H groups in total. The van der Waals surface area contributed by atoms with Gasteiger partial charge in [-0.1, -0.05) is 66.7 Å². The summed E-state index contributed by atoms with van der Waals surface area (Å²) in [6, 6.07) is 29.9. The maximum Gasteiger partial charge on any atom is 0.0767 e. The summed E-state index contributed by atoms with van der Waals surface area (Å²) in [6.07, 6.45) is 0. The van der Waals surface area contributed by atoms with Gasteiger partial charge in [0.2, 0.25) is 0 Å². The zero-order chi connectivity index (χ0) is 17.1. The van der Waals surface area contributed by atoms with Crippen LogP contribution in [0, 0.1) is 0 Å². The van der Waals surface area contributed by atoms with E-state index in [0.717, 1.165) is 5.69 Å². The largest absolute Gasteiger partial charge is 0.374 e. The highest BCUT2D eigenvalue weighted by molar-refractivity contribution is 7.19. The average molecular weight is 381 g/mol. The third kappa shape index (κ3) is 3.75. The number of nitrogens with two attached hydrogens (primary N) is 1. The topological polar surface area (TPSA) is 38.0 Å². The summed E-state index contributed by atoms with van der Waals surface area (Å²) in [4.78, 5) is 1.21. The lowest BCUT2D eigenvalue weighted by molar-refractivity contribution is 0.942. The molecule has 0 radical (unpaired) electrons. The van der Waals surface area contributed by atoms with Gasteiger partial charge in [0.1, 0.15) is 0 Å². The van der Waals surface area contributed by atoms with Crippen molar-refractivity contribution in [3.63, 3.8) is 0 Å². The van der Waals surface area contributed by atoms with E-state index >= 15 is 0 Å². The third-order valence-corrected chi connectivity index (χ3v) is 5.50. The molecule has 0 aliphatic heterocycles. The lowest BCUT2D eigenvalue weighted by atomic mass is 9.98. The van der Waals surface area contributed by atoms with Gasteiger partial charge in [-0.05, 0) is 29.3 Å². The van der Waals surface area contributed by atoms with Gasteiger partial charge in [-0.25, -0.2) is 0 Å². The molecule has 0 saturated heterocycles. The predicted octanol–water partition coefficient (Wildman–Crippen LogP) is 5.98. The van der Waals surface area contributed by atoms with Crippen LogP contribution in [0.5, 0.6) is 0 Å². The quantitative estimate of drug-likeness (QED) is 0.446. The van der Waals surface area contributed by atoms with Crippen molar-refractivity contribution >= 4 is 39.5 Å². The highest BCUT2D eigenvalue weighted by atomic mass is 35.5. The van der Waals surface area contributed by atoms with Gasteiger partial charge in [0.15, 0.2) is 0 Å². The third-order valence-electron chi connectivity index (χ3n) is 4.38. The number of hydrogen-bond acceptors (Lipinski definition) is 3. The summed E-state index contributed by atoms with van der Waals surface area (Å²) in [5, 5.41) is 5.00. The summed E-state index contributed by atoms with van der Waals surface area (Å²) in [5.41, 5.74) is 9.48. The van der Waals surface area contributed by atoms with Crippen molar-refractivity contribution in [3.05, 3.63) is 101 Å². The number of thiophene rings is 1. The van der Waals surface area contributed by atoms with Gasteiger partial charge in [-0.15, -0.1) is 23.7 Å². The first-order chi connectivity index (χ1) is 12.3. The molecule has 132 valence electrons. The molecule has 4 rings (SSSR count). The summed E-state index contributed by atoms with van der Waals surface area (Å²) >= 11 is 1.77. The second-order valence-corrected chi connectivity index (χ2v) is 7.20. The van der Waals surface area contributed by atoms with Crippen molar-refractivity contribution in [1.29, 1.82) is 0 Å². The van der Waals surface area contributed by atoms with Gasteiger partial charge in [-0.3, -0.25) is 0 Å². The summed E-state index contributed by atoms with van der Waals surface area (Å²) < 4.78 is 1.27. The summed E-state index contributed by atoms with van der Waals surface area (Å²) in [6.45, 7) is 0.583. The zero-order valence-corrected chi connectivity index (χ0v) is 15.9. The Morgan fingerprint density at radius 2 is 1.42 bits per heavy atom. The number of anilines is 1. The molecule has 1 aromatic heterocycles. The van der Waals surface area contributed by atoms with E-state index in [0.29, 0.717) is 6.54 Å². The molecule has 0 bridgehead atoms. The fourth-order valence-corrected chi connectivity index (χ4v) is 4.11. The number of hydrogen-bond donors (Lipinski definition) is 2. The van der Waals surface area contributed by atoms with E-state index in [4.69, 9.17) is 5.73 Å². The standard InChI is InChI=1S/C22H20N2S.ClH/c23-15-18-14-19-20(12-7-13-21(19)25-18)24-22(16-8-3-1-4-9-16)17-10-5-2-6-11-17;/h1-14,22,24H,15,23H2;1H. The van der Waals surface area contributed by atoms with Crippen LogP contribution in [-0.2, 0) is 6.54 Å². The Labute approximate surface area is 164 Å². The Balaban J connectivity index is 0.00000196. The summed E-state index contributed by atoms with van der Waals surface area (Å²) in [7, 11) is 0. The minimum atomic E-state index is 0. The molecule has 1 heterocycles. The lowest BCUT2D eigenvalue weighted by Crippen LogP contribution is -2.12. The number of halogens is 1. The molecule has 2 nitrogen and oxygen atoms in total. The first kappa shape index (κ1) is 18.5. The number of benzene rings is 3. The Kier molecular flexibility index (Phi) is 5.94. The van der Waals surface area contributed by atoms with E-state index in [-0.39, 0.29) is 18.4 Å².